The summed E-state index contributed by atoms with van der Waals surface area (Å²) in [6, 6.07) is -1.56. The third-order valence-electron chi connectivity index (χ3n) is 0.710. The number of rotatable bonds is 3. The molecule has 0 atom stereocenters. The van der Waals surface area contributed by atoms with Crippen LogP contribution in [0.15, 0.2) is 0 Å². The molecule has 0 aromatic heterocycles. The molecule has 0 aromatic carbocycles. The highest BCUT2D eigenvalue weighted by atomic mass is 35.8. The second-order valence-electron chi connectivity index (χ2n) is 1.57. The summed E-state index contributed by atoms with van der Waals surface area (Å²) in [7, 11) is 0. The Morgan fingerprint density at radius 3 is 1.88 bits per heavy atom. The Morgan fingerprint density at radius 1 is 1.25 bits per heavy atom. The molecular formula is C4H8Cl3Si. The fraction of sp³-hybridized carbons (Fsp3) is 0.750. The maximum absolute atomic E-state index is 5.55. The zero-order valence-electron chi connectivity index (χ0n) is 4.46. The van der Waals surface area contributed by atoms with Gasteiger partial charge in [0, 0.05) is 0 Å². The number of hydrogen-bond acceptors (Lipinski definition) is 0. The molecule has 0 heterocycles. The summed E-state index contributed by atoms with van der Waals surface area (Å²) in [4.78, 5) is 0. The lowest BCUT2D eigenvalue weighted by Crippen LogP contribution is -2.07. The zero-order chi connectivity index (χ0) is 6.62. The van der Waals surface area contributed by atoms with E-state index in [-0.39, 0.29) is 0 Å². The molecule has 0 fully saturated rings. The third kappa shape index (κ3) is 7.09. The molecule has 0 aliphatic rings. The summed E-state index contributed by atoms with van der Waals surface area (Å²) in [6.07, 6.45) is 1.80. The van der Waals surface area contributed by atoms with E-state index < -0.39 is 6.00 Å². The van der Waals surface area contributed by atoms with Crippen LogP contribution in [0.4, 0.5) is 0 Å². The summed E-state index contributed by atoms with van der Waals surface area (Å²) in [5.74, 6) is 0. The van der Waals surface area contributed by atoms with Gasteiger partial charge in [-0.15, -0.1) is 33.2 Å². The molecule has 1 radical (unpaired) electrons. The Hall–Kier alpha value is 1.09. The summed E-state index contributed by atoms with van der Waals surface area (Å²) in [5, 5.41) is 0. The van der Waals surface area contributed by atoms with E-state index in [0.717, 1.165) is 18.9 Å². The van der Waals surface area contributed by atoms with Crippen LogP contribution in [-0.2, 0) is 0 Å². The van der Waals surface area contributed by atoms with Crippen molar-refractivity contribution in [2.24, 2.45) is 0 Å². The fourth-order valence-corrected chi connectivity index (χ4v) is 2.18. The molecule has 0 amide bonds. The summed E-state index contributed by atoms with van der Waals surface area (Å²) in [5.41, 5.74) is 0. The van der Waals surface area contributed by atoms with E-state index >= 15 is 0 Å². The van der Waals surface area contributed by atoms with Gasteiger partial charge in [-0.2, -0.15) is 0 Å². The monoisotopic (exact) mass is 189 g/mol. The van der Waals surface area contributed by atoms with Gasteiger partial charge in [0.1, 0.15) is 0 Å². The largest absolute Gasteiger partial charge is 0.341 e. The second-order valence-corrected chi connectivity index (χ2v) is 10.9. The first-order valence-electron chi connectivity index (χ1n) is 2.42. The van der Waals surface area contributed by atoms with Gasteiger partial charge in [-0.1, -0.05) is 19.8 Å². The molecule has 0 N–H and O–H groups in total. The van der Waals surface area contributed by atoms with Crippen molar-refractivity contribution in [2.75, 3.05) is 0 Å². The van der Waals surface area contributed by atoms with Crippen molar-refractivity contribution >= 4 is 39.2 Å². The lowest BCUT2D eigenvalue weighted by atomic mass is 10.4. The van der Waals surface area contributed by atoms with E-state index in [1.807, 2.05) is 0 Å². The van der Waals surface area contributed by atoms with Crippen LogP contribution in [0.5, 0.6) is 0 Å². The Morgan fingerprint density at radius 2 is 1.75 bits per heavy atom. The van der Waals surface area contributed by atoms with Crippen molar-refractivity contribution in [1.29, 1.82) is 0 Å². The summed E-state index contributed by atoms with van der Waals surface area (Å²) < 4.78 is 0. The molecule has 0 unspecified atom stereocenters. The minimum atomic E-state index is -2.30. The normalized spacial score (nSPS) is 12.0. The van der Waals surface area contributed by atoms with Gasteiger partial charge in [0.15, 0.2) is 0 Å². The third-order valence-corrected chi connectivity index (χ3v) is 3.33. The van der Waals surface area contributed by atoms with E-state index in [4.69, 9.17) is 33.2 Å². The van der Waals surface area contributed by atoms with Crippen molar-refractivity contribution in [1.82, 2.24) is 0 Å². The van der Waals surface area contributed by atoms with Gasteiger partial charge in [0.25, 0.3) is 0 Å². The van der Waals surface area contributed by atoms with Crippen LogP contribution in [0.2, 0.25) is 6.04 Å². The molecule has 8 heavy (non-hydrogen) atoms. The first kappa shape index (κ1) is 9.09. The lowest BCUT2D eigenvalue weighted by molar-refractivity contribution is 0.948. The summed E-state index contributed by atoms with van der Waals surface area (Å²) in [6.45, 7) is 3.64. The molecule has 0 spiro atoms. The molecule has 0 bridgehead atoms. The Bertz CT molecular complexity index is 58.8. The van der Waals surface area contributed by atoms with Gasteiger partial charge in [-0.25, -0.2) is 0 Å². The molecule has 0 saturated heterocycles. The minimum Gasteiger partial charge on any atom is -0.126 e. The number of unbranched alkanes of at least 4 members (excludes halogenated alkanes) is 1. The number of hydrogen-bond donors (Lipinski definition) is 0. The highest BCUT2D eigenvalue weighted by Gasteiger charge is 2.22. The topological polar surface area (TPSA) is 0 Å². The van der Waals surface area contributed by atoms with Crippen LogP contribution in [0, 0.1) is 6.92 Å². The highest BCUT2D eigenvalue weighted by Crippen LogP contribution is 2.26. The predicted molar refractivity (Wildman–Crippen MR) is 42.7 cm³/mol. The molecule has 0 aliphatic carbocycles. The second kappa shape index (κ2) is 3.99. The standard InChI is InChI=1S/C4H8Cl3Si/c1-2-3-4-8(5,6)7/h1-4H2. The van der Waals surface area contributed by atoms with Crippen LogP contribution >= 0.6 is 33.2 Å². The van der Waals surface area contributed by atoms with E-state index in [1.165, 1.54) is 0 Å². The molecule has 4 heteroatoms. The van der Waals surface area contributed by atoms with Gasteiger partial charge >= 0.3 is 6.00 Å². The first-order valence-corrected chi connectivity index (χ1v) is 7.66. The molecular weight excluding hydrogens is 182 g/mol. The van der Waals surface area contributed by atoms with Crippen LogP contribution in [0.3, 0.4) is 0 Å². The smallest absolute Gasteiger partial charge is 0.126 e. The molecule has 0 aliphatic heterocycles. The van der Waals surface area contributed by atoms with E-state index in [1.54, 1.807) is 0 Å². The Balaban J connectivity index is 3.11. The van der Waals surface area contributed by atoms with Crippen molar-refractivity contribution < 1.29 is 0 Å². The first-order chi connectivity index (χ1) is 3.56. The fourth-order valence-electron chi connectivity index (χ4n) is 0.325. The van der Waals surface area contributed by atoms with Gasteiger partial charge in [-0.05, 0) is 6.04 Å². The zero-order valence-corrected chi connectivity index (χ0v) is 7.73. The molecule has 0 nitrogen and oxygen atoms in total. The van der Waals surface area contributed by atoms with Gasteiger partial charge in [-0.3, -0.25) is 0 Å². The lowest BCUT2D eigenvalue weighted by Gasteiger charge is -2.03. The van der Waals surface area contributed by atoms with Crippen LogP contribution in [-0.4, -0.2) is 6.00 Å². The van der Waals surface area contributed by atoms with Crippen LogP contribution < -0.4 is 0 Å². The van der Waals surface area contributed by atoms with Crippen LogP contribution in [0.25, 0.3) is 0 Å². The average molecular weight is 191 g/mol. The van der Waals surface area contributed by atoms with E-state index in [0.29, 0.717) is 0 Å². The van der Waals surface area contributed by atoms with Gasteiger partial charge in [0.2, 0.25) is 0 Å². The Kier molecular flexibility index (Phi) is 4.53. The average Bonchev–Trinajstić information content (AvgIpc) is 1.59. The SMILES string of the molecule is [CH2]CCC[Si](Cl)(Cl)Cl. The quantitative estimate of drug-likeness (QED) is 0.473. The maximum Gasteiger partial charge on any atom is 0.341 e. The predicted octanol–water partition coefficient (Wildman–Crippen LogP) is 3.26. The van der Waals surface area contributed by atoms with Crippen molar-refractivity contribution in [3.05, 3.63) is 6.92 Å². The maximum atomic E-state index is 5.55. The number of halogens is 3. The molecule has 0 rings (SSSR count). The van der Waals surface area contributed by atoms with Crippen molar-refractivity contribution in [2.45, 2.75) is 18.9 Å². The molecule has 49 valence electrons. The molecule has 0 aromatic rings. The minimum absolute atomic E-state index is 0.737. The van der Waals surface area contributed by atoms with Gasteiger partial charge < -0.3 is 0 Å². The van der Waals surface area contributed by atoms with Crippen LogP contribution in [0.1, 0.15) is 12.8 Å². The van der Waals surface area contributed by atoms with Crippen molar-refractivity contribution in [3.8, 4) is 0 Å². The van der Waals surface area contributed by atoms with E-state index in [9.17, 15) is 0 Å². The van der Waals surface area contributed by atoms with Crippen molar-refractivity contribution in [3.63, 3.8) is 0 Å². The summed E-state index contributed by atoms with van der Waals surface area (Å²) >= 11 is 16.7. The molecule has 0 saturated carbocycles. The van der Waals surface area contributed by atoms with Gasteiger partial charge in [0.05, 0.1) is 0 Å². The Labute approximate surface area is 65.2 Å². The van der Waals surface area contributed by atoms with E-state index in [2.05, 4.69) is 6.92 Å². The highest BCUT2D eigenvalue weighted by molar-refractivity contribution is 7.64.